The molecule has 6 rings (SSSR count). The average Bonchev–Trinajstić information content (AvgIpc) is 3.19. The molecule has 0 aliphatic heterocycles. The molecule has 6 aromatic rings. The van der Waals surface area contributed by atoms with E-state index in [4.69, 9.17) is 0 Å². The highest BCUT2D eigenvalue weighted by Crippen LogP contribution is 2.37. The monoisotopic (exact) mass is 654 g/mol. The summed E-state index contributed by atoms with van der Waals surface area (Å²) in [5.41, 5.74) is 9.14. The highest BCUT2D eigenvalue weighted by molar-refractivity contribution is 6.07. The summed E-state index contributed by atoms with van der Waals surface area (Å²) in [6, 6.07) is 56.5. The Bertz CT molecular complexity index is 1840. The summed E-state index contributed by atoms with van der Waals surface area (Å²) in [7, 11) is 3.51. The Balaban J connectivity index is 1.38. The number of hydrogen-bond donors (Lipinski definition) is 2. The summed E-state index contributed by atoms with van der Waals surface area (Å²) in [4.78, 5) is 29.9. The SMILES string of the molecule is CN/C(=C(C=O)\C(C=O)=C(/NC)c1ccc(N(c2ccccc2)c2ccccc2)cc1)c1ccc(N(c2ccccc2)c2ccccc2)cc1. The number of hydrogen-bond acceptors (Lipinski definition) is 6. The van der Waals surface area contributed by atoms with Gasteiger partial charge in [-0.1, -0.05) is 97.1 Å². The van der Waals surface area contributed by atoms with Crippen molar-refractivity contribution in [3.8, 4) is 0 Å². The Kier molecular flexibility index (Phi) is 10.6. The molecule has 0 unspecified atom stereocenters. The van der Waals surface area contributed by atoms with E-state index in [-0.39, 0.29) is 11.1 Å². The molecule has 0 aliphatic rings. The van der Waals surface area contributed by atoms with Crippen LogP contribution in [0, 0.1) is 0 Å². The van der Waals surface area contributed by atoms with Crippen LogP contribution in [-0.2, 0) is 9.59 Å². The molecule has 6 aromatic carbocycles. The third-order valence-corrected chi connectivity index (χ3v) is 8.45. The number of allylic oxidation sites excluding steroid dienone is 2. The highest BCUT2D eigenvalue weighted by atomic mass is 16.1. The van der Waals surface area contributed by atoms with Gasteiger partial charge in [-0.15, -0.1) is 0 Å². The first-order chi connectivity index (χ1) is 24.7. The van der Waals surface area contributed by atoms with Crippen LogP contribution in [-0.4, -0.2) is 26.7 Å². The van der Waals surface area contributed by atoms with Gasteiger partial charge in [0.1, 0.15) is 0 Å². The smallest absolute Gasteiger partial charge is 0.152 e. The van der Waals surface area contributed by atoms with Crippen molar-refractivity contribution < 1.29 is 9.59 Å². The van der Waals surface area contributed by atoms with Crippen LogP contribution in [0.2, 0.25) is 0 Å². The second-order valence-electron chi connectivity index (χ2n) is 11.4. The number of carbonyl (C=O) groups is 2. The molecule has 6 nitrogen and oxygen atoms in total. The summed E-state index contributed by atoms with van der Waals surface area (Å²) in [5.74, 6) is 0. The van der Waals surface area contributed by atoms with E-state index < -0.39 is 0 Å². The van der Waals surface area contributed by atoms with Crippen LogP contribution in [0.5, 0.6) is 0 Å². The summed E-state index contributed by atoms with van der Waals surface area (Å²) in [6.45, 7) is 0. The van der Waals surface area contributed by atoms with E-state index in [0.717, 1.165) is 57.8 Å². The van der Waals surface area contributed by atoms with Gasteiger partial charge in [0, 0.05) is 48.2 Å². The topological polar surface area (TPSA) is 64.7 Å². The molecule has 0 saturated heterocycles. The number of rotatable bonds is 13. The first-order valence-electron chi connectivity index (χ1n) is 16.4. The van der Waals surface area contributed by atoms with Crippen molar-refractivity contribution in [2.75, 3.05) is 23.9 Å². The third-order valence-electron chi connectivity index (χ3n) is 8.45. The molecule has 0 amide bonds. The van der Waals surface area contributed by atoms with Gasteiger partial charge in [-0.2, -0.15) is 0 Å². The summed E-state index contributed by atoms with van der Waals surface area (Å²) in [6.07, 6.45) is 1.48. The molecule has 0 atom stereocenters. The molecule has 2 N–H and O–H groups in total. The maximum atomic E-state index is 12.8. The van der Waals surface area contributed by atoms with Crippen LogP contribution in [0.3, 0.4) is 0 Å². The van der Waals surface area contributed by atoms with E-state index in [1.54, 1.807) is 14.1 Å². The Hall–Kier alpha value is -6.66. The zero-order chi connectivity index (χ0) is 34.7. The Morgan fingerprint density at radius 3 is 0.840 bits per heavy atom. The van der Waals surface area contributed by atoms with Crippen molar-refractivity contribution in [2.24, 2.45) is 0 Å². The summed E-state index contributed by atoms with van der Waals surface area (Å²) >= 11 is 0. The Labute approximate surface area is 293 Å². The van der Waals surface area contributed by atoms with Crippen molar-refractivity contribution >= 4 is 58.1 Å². The van der Waals surface area contributed by atoms with E-state index in [2.05, 4.69) is 69.0 Å². The lowest BCUT2D eigenvalue weighted by Gasteiger charge is -2.26. The van der Waals surface area contributed by atoms with Crippen LogP contribution >= 0.6 is 0 Å². The molecule has 50 heavy (non-hydrogen) atoms. The minimum Gasteiger partial charge on any atom is -0.387 e. The number of benzene rings is 6. The normalized spacial score (nSPS) is 11.8. The third kappa shape index (κ3) is 7.10. The molecule has 0 radical (unpaired) electrons. The molecule has 0 spiro atoms. The molecular formula is C44H38N4O2. The van der Waals surface area contributed by atoms with Crippen molar-refractivity contribution in [1.29, 1.82) is 0 Å². The van der Waals surface area contributed by atoms with Gasteiger partial charge in [0.05, 0.1) is 22.5 Å². The molecule has 0 fully saturated rings. The average molecular weight is 655 g/mol. The van der Waals surface area contributed by atoms with Gasteiger partial charge in [-0.25, -0.2) is 0 Å². The van der Waals surface area contributed by atoms with Crippen LogP contribution in [0.25, 0.3) is 11.4 Å². The van der Waals surface area contributed by atoms with Gasteiger partial charge in [0.15, 0.2) is 12.6 Å². The van der Waals surface area contributed by atoms with Crippen molar-refractivity contribution in [2.45, 2.75) is 0 Å². The lowest BCUT2D eigenvalue weighted by molar-refractivity contribution is -0.107. The zero-order valence-electron chi connectivity index (χ0n) is 28.0. The predicted octanol–water partition coefficient (Wildman–Crippen LogP) is 9.59. The lowest BCUT2D eigenvalue weighted by atomic mass is 9.96. The highest BCUT2D eigenvalue weighted by Gasteiger charge is 2.19. The van der Waals surface area contributed by atoms with E-state index >= 15 is 0 Å². The van der Waals surface area contributed by atoms with Gasteiger partial charge < -0.3 is 20.4 Å². The van der Waals surface area contributed by atoms with Gasteiger partial charge in [-0.05, 0) is 83.9 Å². The van der Waals surface area contributed by atoms with Crippen LogP contribution in [0.15, 0.2) is 181 Å². The van der Waals surface area contributed by atoms with E-state index in [1.165, 1.54) is 0 Å². The minimum atomic E-state index is 0.252. The van der Waals surface area contributed by atoms with E-state index in [9.17, 15) is 9.59 Å². The fourth-order valence-electron chi connectivity index (χ4n) is 6.14. The summed E-state index contributed by atoms with van der Waals surface area (Å²) in [5, 5.41) is 6.39. The van der Waals surface area contributed by atoms with Crippen molar-refractivity contribution in [3.63, 3.8) is 0 Å². The standard InChI is InChI=1S/C44H38N4O2/c1-45-43(33-23-27-39(28-24-33)47(35-15-7-3-8-16-35)36-17-9-4-10-18-36)41(31-49)42(32-50)44(46-2)34-25-29-40(30-26-34)48(37-19-11-5-12-20-37)38-21-13-6-14-22-38/h3-32,45-46H,1-2H3/b43-41-,44-42-. The van der Waals surface area contributed by atoms with E-state index in [1.807, 2.05) is 121 Å². The van der Waals surface area contributed by atoms with Gasteiger partial charge >= 0.3 is 0 Å². The molecule has 0 aliphatic carbocycles. The second kappa shape index (κ2) is 16.0. The number of anilines is 6. The largest absolute Gasteiger partial charge is 0.387 e. The fourth-order valence-corrected chi connectivity index (χ4v) is 6.14. The van der Waals surface area contributed by atoms with Crippen molar-refractivity contribution in [3.05, 3.63) is 192 Å². The Morgan fingerprint density at radius 2 is 0.620 bits per heavy atom. The van der Waals surface area contributed by atoms with E-state index in [0.29, 0.717) is 11.4 Å². The quantitative estimate of drug-likeness (QED) is 0.0735. The molecule has 6 heteroatoms. The first kappa shape index (κ1) is 33.2. The Morgan fingerprint density at radius 1 is 0.380 bits per heavy atom. The zero-order valence-corrected chi connectivity index (χ0v) is 28.0. The molecular weight excluding hydrogens is 617 g/mol. The van der Waals surface area contributed by atoms with Crippen LogP contribution in [0.4, 0.5) is 34.1 Å². The maximum Gasteiger partial charge on any atom is 0.152 e. The molecule has 0 aromatic heterocycles. The second-order valence-corrected chi connectivity index (χ2v) is 11.4. The lowest BCUT2D eigenvalue weighted by Crippen LogP contribution is -2.16. The first-order valence-corrected chi connectivity index (χ1v) is 16.4. The molecule has 0 saturated carbocycles. The number of nitrogens with one attached hydrogen (secondary N) is 2. The van der Waals surface area contributed by atoms with Gasteiger partial charge in [0.25, 0.3) is 0 Å². The maximum absolute atomic E-state index is 12.8. The summed E-state index contributed by atoms with van der Waals surface area (Å²) < 4.78 is 0. The molecule has 0 bridgehead atoms. The van der Waals surface area contributed by atoms with Gasteiger partial charge in [0.2, 0.25) is 0 Å². The van der Waals surface area contributed by atoms with Crippen LogP contribution < -0.4 is 20.4 Å². The molecule has 246 valence electrons. The minimum absolute atomic E-state index is 0.252. The number of para-hydroxylation sites is 4. The predicted molar refractivity (Wildman–Crippen MR) is 206 cm³/mol. The number of aldehydes is 2. The number of carbonyl (C=O) groups excluding carboxylic acids is 2. The molecule has 0 heterocycles. The van der Waals surface area contributed by atoms with Crippen LogP contribution in [0.1, 0.15) is 11.1 Å². The number of nitrogens with zero attached hydrogens (tertiary/aromatic N) is 2. The van der Waals surface area contributed by atoms with Crippen molar-refractivity contribution in [1.82, 2.24) is 10.6 Å². The fraction of sp³-hybridized carbons (Fsp3) is 0.0455. The van der Waals surface area contributed by atoms with Gasteiger partial charge in [-0.3, -0.25) is 9.59 Å².